The van der Waals surface area contributed by atoms with Crippen LogP contribution in [0.3, 0.4) is 0 Å². The van der Waals surface area contributed by atoms with Crippen LogP contribution in [0, 0.1) is 5.95 Å². The van der Waals surface area contributed by atoms with Gasteiger partial charge in [0.15, 0.2) is 4.90 Å². The molecule has 0 aromatic carbocycles. The Morgan fingerprint density at radius 1 is 1.57 bits per heavy atom. The van der Waals surface area contributed by atoms with Crippen LogP contribution in [0.1, 0.15) is 25.3 Å². The Morgan fingerprint density at radius 2 is 2.21 bits per heavy atom. The predicted molar refractivity (Wildman–Crippen MR) is 48.1 cm³/mol. The Morgan fingerprint density at radius 3 is 2.57 bits per heavy atom. The molecule has 4 nitrogen and oxygen atoms in total. The Kier molecular flexibility index (Phi) is 2.27. The second-order valence-corrected chi connectivity index (χ2v) is 5.80. The molecule has 0 saturated heterocycles. The summed E-state index contributed by atoms with van der Waals surface area (Å²) in [5.74, 6) is -0.857. The molecular weight excluding hydrogens is 231 g/mol. The first-order chi connectivity index (χ1) is 6.50. The van der Waals surface area contributed by atoms with E-state index in [0.717, 1.165) is 30.1 Å². The highest BCUT2D eigenvalue weighted by Crippen LogP contribution is 2.33. The van der Waals surface area contributed by atoms with Crippen molar-refractivity contribution in [1.82, 2.24) is 9.78 Å². The molecule has 0 unspecified atom stereocenters. The summed E-state index contributed by atoms with van der Waals surface area (Å²) in [6.45, 7) is 0. The zero-order chi connectivity index (χ0) is 10.3. The topological polar surface area (TPSA) is 52.0 Å². The minimum absolute atomic E-state index is 0.0119. The molecule has 1 aromatic rings. The van der Waals surface area contributed by atoms with Gasteiger partial charge in [0.25, 0.3) is 9.05 Å². The van der Waals surface area contributed by atoms with Crippen LogP contribution in [0.25, 0.3) is 0 Å². The fraction of sp³-hybridized carbons (Fsp3) is 0.571. The van der Waals surface area contributed by atoms with Gasteiger partial charge in [-0.3, -0.25) is 0 Å². The maximum atomic E-state index is 13.4. The molecule has 1 aliphatic carbocycles. The van der Waals surface area contributed by atoms with Gasteiger partial charge in [-0.05, 0) is 19.3 Å². The maximum absolute atomic E-state index is 13.4. The smallest absolute Gasteiger partial charge is 0.235 e. The maximum Gasteiger partial charge on any atom is 0.267 e. The fourth-order valence-corrected chi connectivity index (χ4v) is 2.16. The molecule has 78 valence electrons. The van der Waals surface area contributed by atoms with E-state index in [2.05, 4.69) is 5.10 Å². The summed E-state index contributed by atoms with van der Waals surface area (Å²) in [7, 11) is 1.01. The standard InChI is InChI=1S/C7H8ClFN2O2S/c8-14(12,13)6-4-10-11(7(6)9)5-2-1-3-5/h4-5H,1-3H2. The molecule has 2 rings (SSSR count). The molecule has 7 heteroatoms. The van der Waals surface area contributed by atoms with E-state index in [4.69, 9.17) is 10.7 Å². The predicted octanol–water partition coefficient (Wildman–Crippen LogP) is 1.67. The Hall–Kier alpha value is -0.620. The van der Waals surface area contributed by atoms with Gasteiger partial charge in [0.1, 0.15) is 0 Å². The van der Waals surface area contributed by atoms with Crippen LogP contribution in [0.4, 0.5) is 4.39 Å². The molecule has 1 saturated carbocycles. The van der Waals surface area contributed by atoms with E-state index >= 15 is 0 Å². The summed E-state index contributed by atoms with van der Waals surface area (Å²) in [6.07, 6.45) is 3.64. The molecule has 1 aromatic heterocycles. The fourth-order valence-electron chi connectivity index (χ4n) is 1.38. The largest absolute Gasteiger partial charge is 0.267 e. The molecule has 0 aliphatic heterocycles. The van der Waals surface area contributed by atoms with Gasteiger partial charge in [0.05, 0.1) is 12.2 Å². The SMILES string of the molecule is O=S(=O)(Cl)c1cnn(C2CCC2)c1F. The van der Waals surface area contributed by atoms with E-state index in [-0.39, 0.29) is 6.04 Å². The lowest BCUT2D eigenvalue weighted by atomic mass is 9.93. The minimum Gasteiger partial charge on any atom is -0.235 e. The van der Waals surface area contributed by atoms with E-state index in [9.17, 15) is 12.8 Å². The van der Waals surface area contributed by atoms with E-state index in [1.54, 1.807) is 0 Å². The van der Waals surface area contributed by atoms with Crippen molar-refractivity contribution in [2.75, 3.05) is 0 Å². The third kappa shape index (κ3) is 1.52. The van der Waals surface area contributed by atoms with Crippen LogP contribution in [0.5, 0.6) is 0 Å². The molecule has 0 amide bonds. The highest BCUT2D eigenvalue weighted by atomic mass is 35.7. The first-order valence-electron chi connectivity index (χ1n) is 4.18. The van der Waals surface area contributed by atoms with Crippen molar-refractivity contribution in [3.05, 3.63) is 12.1 Å². The molecule has 0 N–H and O–H groups in total. The molecule has 0 atom stereocenters. The Balaban J connectivity index is 2.42. The molecule has 0 bridgehead atoms. The first kappa shape index (κ1) is 9.92. The van der Waals surface area contributed by atoms with E-state index in [0.29, 0.717) is 0 Å². The van der Waals surface area contributed by atoms with Gasteiger partial charge >= 0.3 is 0 Å². The van der Waals surface area contributed by atoms with Gasteiger partial charge in [-0.2, -0.15) is 9.49 Å². The van der Waals surface area contributed by atoms with Crippen LogP contribution < -0.4 is 0 Å². The quantitative estimate of drug-likeness (QED) is 0.737. The second-order valence-electron chi connectivity index (χ2n) is 3.27. The van der Waals surface area contributed by atoms with Gasteiger partial charge < -0.3 is 0 Å². The van der Waals surface area contributed by atoms with Crippen LogP contribution >= 0.6 is 10.7 Å². The lowest BCUT2D eigenvalue weighted by molar-refractivity contribution is 0.253. The molecule has 1 fully saturated rings. The molecule has 1 heterocycles. The summed E-state index contributed by atoms with van der Waals surface area (Å²) in [6, 6.07) is -0.0119. The van der Waals surface area contributed by atoms with Crippen molar-refractivity contribution in [2.24, 2.45) is 0 Å². The second kappa shape index (κ2) is 3.20. The van der Waals surface area contributed by atoms with Crippen molar-refractivity contribution in [3.63, 3.8) is 0 Å². The van der Waals surface area contributed by atoms with E-state index in [1.165, 1.54) is 0 Å². The van der Waals surface area contributed by atoms with Crippen LogP contribution in [-0.2, 0) is 9.05 Å². The van der Waals surface area contributed by atoms with Crippen molar-refractivity contribution in [3.8, 4) is 0 Å². The van der Waals surface area contributed by atoms with Crippen molar-refractivity contribution >= 4 is 19.7 Å². The van der Waals surface area contributed by atoms with E-state index in [1.807, 2.05) is 0 Å². The molecule has 0 spiro atoms. The zero-order valence-corrected chi connectivity index (χ0v) is 8.72. The highest BCUT2D eigenvalue weighted by Gasteiger charge is 2.28. The average Bonchev–Trinajstić information content (AvgIpc) is 2.28. The third-order valence-corrected chi connectivity index (χ3v) is 3.69. The van der Waals surface area contributed by atoms with Crippen molar-refractivity contribution in [2.45, 2.75) is 30.2 Å². The average molecular weight is 239 g/mol. The van der Waals surface area contributed by atoms with Gasteiger partial charge in [-0.15, -0.1) is 0 Å². The minimum atomic E-state index is -4.02. The number of hydrogen-bond donors (Lipinski definition) is 0. The normalized spacial score (nSPS) is 18.1. The van der Waals surface area contributed by atoms with Gasteiger partial charge in [-0.1, -0.05) is 0 Å². The van der Waals surface area contributed by atoms with Gasteiger partial charge in [0.2, 0.25) is 5.95 Å². The van der Waals surface area contributed by atoms with Crippen LogP contribution in [0.2, 0.25) is 0 Å². The van der Waals surface area contributed by atoms with Crippen LogP contribution in [-0.4, -0.2) is 18.2 Å². The lowest BCUT2D eigenvalue weighted by Gasteiger charge is -2.25. The molecule has 14 heavy (non-hydrogen) atoms. The molecule has 0 radical (unpaired) electrons. The number of aromatic nitrogens is 2. The van der Waals surface area contributed by atoms with E-state index < -0.39 is 19.9 Å². The Bertz CT molecular complexity index is 452. The number of halogens is 2. The first-order valence-corrected chi connectivity index (χ1v) is 6.49. The summed E-state index contributed by atoms with van der Waals surface area (Å²) in [4.78, 5) is -0.536. The summed E-state index contributed by atoms with van der Waals surface area (Å²) < 4.78 is 36.3. The summed E-state index contributed by atoms with van der Waals surface area (Å²) in [5.41, 5.74) is 0. The van der Waals surface area contributed by atoms with Gasteiger partial charge in [0, 0.05) is 10.7 Å². The van der Waals surface area contributed by atoms with Gasteiger partial charge in [-0.25, -0.2) is 13.1 Å². The summed E-state index contributed by atoms with van der Waals surface area (Å²) in [5, 5.41) is 3.68. The number of hydrogen-bond acceptors (Lipinski definition) is 3. The van der Waals surface area contributed by atoms with Crippen LogP contribution in [0.15, 0.2) is 11.1 Å². The van der Waals surface area contributed by atoms with Crippen molar-refractivity contribution in [1.29, 1.82) is 0 Å². The third-order valence-electron chi connectivity index (χ3n) is 2.39. The Labute approximate surface area is 85.1 Å². The monoisotopic (exact) mass is 238 g/mol. The lowest BCUT2D eigenvalue weighted by Crippen LogP contribution is -2.19. The highest BCUT2D eigenvalue weighted by molar-refractivity contribution is 8.13. The number of nitrogens with zero attached hydrogens (tertiary/aromatic N) is 2. The molecular formula is C7H8ClFN2O2S. The zero-order valence-electron chi connectivity index (χ0n) is 7.15. The van der Waals surface area contributed by atoms with Crippen molar-refractivity contribution < 1.29 is 12.8 Å². The molecule has 1 aliphatic rings. The summed E-state index contributed by atoms with van der Waals surface area (Å²) >= 11 is 0. The number of rotatable bonds is 2.